The quantitative estimate of drug-likeness (QED) is 0.453. The first-order valence-corrected chi connectivity index (χ1v) is 8.74. The molecule has 0 saturated carbocycles. The van der Waals surface area contributed by atoms with Crippen LogP contribution in [-0.4, -0.2) is 11.0 Å². The minimum Gasteiger partial charge on any atom is -0.451 e. The summed E-state index contributed by atoms with van der Waals surface area (Å²) in [5.74, 6) is -0.0908. The predicted octanol–water partition coefficient (Wildman–Crippen LogP) is 4.05. The van der Waals surface area contributed by atoms with Crippen LogP contribution in [0.4, 0.5) is 4.39 Å². The Kier molecular flexibility index (Phi) is 6.05. The number of hydrogen-bond donors (Lipinski definition) is 3. The Labute approximate surface area is 165 Å². The lowest BCUT2D eigenvalue weighted by Gasteiger charge is -2.10. The maximum absolute atomic E-state index is 12.9. The van der Waals surface area contributed by atoms with Crippen LogP contribution < -0.4 is 16.2 Å². The number of halogens is 2. The van der Waals surface area contributed by atoms with Gasteiger partial charge in [-0.05, 0) is 66.3 Å². The molecule has 0 aliphatic rings. The maximum Gasteiger partial charge on any atom is 0.305 e. The number of hydrazine groups is 1. The predicted molar refractivity (Wildman–Crippen MR) is 106 cm³/mol. The molecule has 138 valence electrons. The number of benzene rings is 2. The summed E-state index contributed by atoms with van der Waals surface area (Å²) in [5, 5.41) is 3.74. The third-order valence-corrected chi connectivity index (χ3v) is 4.11. The van der Waals surface area contributed by atoms with Gasteiger partial charge in [-0.25, -0.2) is 4.39 Å². The number of hydrogen-bond acceptors (Lipinski definition) is 3. The van der Waals surface area contributed by atoms with Gasteiger partial charge in [0.05, 0.1) is 0 Å². The molecule has 0 aliphatic carbocycles. The summed E-state index contributed by atoms with van der Waals surface area (Å²) >= 11 is 10.9. The zero-order valence-corrected chi connectivity index (χ0v) is 15.5. The van der Waals surface area contributed by atoms with Gasteiger partial charge in [0.25, 0.3) is 0 Å². The highest BCUT2D eigenvalue weighted by Gasteiger charge is 2.12. The molecule has 2 aromatic carbocycles. The van der Waals surface area contributed by atoms with Crippen LogP contribution in [0.3, 0.4) is 0 Å². The Bertz CT molecular complexity index is 942. The highest BCUT2D eigenvalue weighted by molar-refractivity contribution is 7.80. The Morgan fingerprint density at radius 2 is 1.70 bits per heavy atom. The van der Waals surface area contributed by atoms with Gasteiger partial charge < -0.3 is 9.73 Å². The smallest absolute Gasteiger partial charge is 0.305 e. The van der Waals surface area contributed by atoms with E-state index in [4.69, 9.17) is 28.2 Å². The molecule has 5 nitrogen and oxygen atoms in total. The molecule has 0 unspecified atom stereocenters. The summed E-state index contributed by atoms with van der Waals surface area (Å²) in [6.45, 7) is 0.392. The van der Waals surface area contributed by atoms with Crippen molar-refractivity contribution in [3.63, 3.8) is 0 Å². The second-order valence-corrected chi connectivity index (χ2v) is 6.40. The zero-order valence-electron chi connectivity index (χ0n) is 14.0. The van der Waals surface area contributed by atoms with Crippen LogP contribution in [-0.2, 0) is 6.54 Å². The number of nitrogens with one attached hydrogen (secondary N) is 3. The van der Waals surface area contributed by atoms with Crippen molar-refractivity contribution in [3.05, 3.63) is 82.8 Å². The number of furan rings is 1. The molecule has 0 radical (unpaired) electrons. The number of carbonyl (C=O) groups is 1. The highest BCUT2D eigenvalue weighted by Crippen LogP contribution is 2.23. The van der Waals surface area contributed by atoms with E-state index < -0.39 is 5.91 Å². The van der Waals surface area contributed by atoms with E-state index in [0.29, 0.717) is 17.3 Å². The third kappa shape index (κ3) is 5.29. The van der Waals surface area contributed by atoms with Crippen molar-refractivity contribution < 1.29 is 13.6 Å². The summed E-state index contributed by atoms with van der Waals surface area (Å²) < 4.78 is 18.4. The number of carbonyl (C=O) groups excluding carboxylic acids is 1. The molecule has 0 fully saturated rings. The van der Waals surface area contributed by atoms with E-state index in [1.807, 2.05) is 0 Å². The number of amides is 1. The highest BCUT2D eigenvalue weighted by atomic mass is 35.5. The van der Waals surface area contributed by atoms with Crippen molar-refractivity contribution in [2.45, 2.75) is 6.54 Å². The van der Waals surface area contributed by atoms with Gasteiger partial charge in [-0.15, -0.1) is 0 Å². The molecule has 3 N–H and O–H groups in total. The van der Waals surface area contributed by atoms with Gasteiger partial charge in [0, 0.05) is 17.1 Å². The van der Waals surface area contributed by atoms with Crippen LogP contribution >= 0.6 is 23.8 Å². The Morgan fingerprint density at radius 1 is 1.00 bits per heavy atom. The molecule has 0 saturated heterocycles. The molecule has 0 atom stereocenters. The first-order valence-electron chi connectivity index (χ1n) is 7.95. The van der Waals surface area contributed by atoms with Gasteiger partial charge in [-0.1, -0.05) is 23.7 Å². The summed E-state index contributed by atoms with van der Waals surface area (Å²) in [6, 6.07) is 16.4. The standard InChI is InChI=1S/C19H15ClFN3O2S/c20-14-5-3-13(4-6-14)16-9-10-17(26-16)18(25)23-24-19(27)22-11-12-1-7-15(21)8-2-12/h1-10H,11H2,(H,23,25)(H2,22,24,27). The van der Waals surface area contributed by atoms with Crippen LogP contribution in [0.5, 0.6) is 0 Å². The SMILES string of the molecule is O=C(NNC(=S)NCc1ccc(F)cc1)c1ccc(-c2ccc(Cl)cc2)o1. The summed E-state index contributed by atoms with van der Waals surface area (Å²) in [6.07, 6.45) is 0. The minimum absolute atomic E-state index is 0.133. The van der Waals surface area contributed by atoms with Crippen molar-refractivity contribution in [2.24, 2.45) is 0 Å². The molecule has 1 aromatic heterocycles. The van der Waals surface area contributed by atoms with E-state index >= 15 is 0 Å². The molecule has 0 aliphatic heterocycles. The zero-order chi connectivity index (χ0) is 19.2. The largest absolute Gasteiger partial charge is 0.451 e. The van der Waals surface area contributed by atoms with E-state index in [1.54, 1.807) is 48.5 Å². The molecular weight excluding hydrogens is 389 g/mol. The molecule has 0 spiro atoms. The monoisotopic (exact) mass is 403 g/mol. The van der Waals surface area contributed by atoms with Crippen molar-refractivity contribution >= 4 is 34.8 Å². The van der Waals surface area contributed by atoms with Crippen LogP contribution in [0.25, 0.3) is 11.3 Å². The summed E-state index contributed by atoms with van der Waals surface area (Å²) in [7, 11) is 0. The van der Waals surface area contributed by atoms with E-state index in [-0.39, 0.29) is 16.7 Å². The summed E-state index contributed by atoms with van der Waals surface area (Å²) in [5.41, 5.74) is 6.70. The summed E-state index contributed by atoms with van der Waals surface area (Å²) in [4.78, 5) is 12.1. The average Bonchev–Trinajstić information content (AvgIpc) is 3.16. The molecule has 1 amide bonds. The second-order valence-electron chi connectivity index (χ2n) is 5.56. The minimum atomic E-state index is -0.471. The number of rotatable bonds is 4. The van der Waals surface area contributed by atoms with Crippen LogP contribution in [0.2, 0.25) is 5.02 Å². The fraction of sp³-hybridized carbons (Fsp3) is 0.0526. The molecular formula is C19H15ClFN3O2S. The molecule has 0 bridgehead atoms. The fourth-order valence-corrected chi connectivity index (χ4v) is 2.48. The van der Waals surface area contributed by atoms with Crippen LogP contribution in [0.15, 0.2) is 65.1 Å². The first kappa shape index (κ1) is 18.9. The second kappa shape index (κ2) is 8.66. The van der Waals surface area contributed by atoms with E-state index in [9.17, 15) is 9.18 Å². The van der Waals surface area contributed by atoms with Gasteiger partial charge in [-0.3, -0.25) is 15.6 Å². The third-order valence-electron chi connectivity index (χ3n) is 3.61. The van der Waals surface area contributed by atoms with Crippen molar-refractivity contribution in [1.29, 1.82) is 0 Å². The van der Waals surface area contributed by atoms with Crippen molar-refractivity contribution in [3.8, 4) is 11.3 Å². The van der Waals surface area contributed by atoms with Crippen LogP contribution in [0, 0.1) is 5.82 Å². The van der Waals surface area contributed by atoms with Gasteiger partial charge in [-0.2, -0.15) is 0 Å². The lowest BCUT2D eigenvalue weighted by atomic mass is 10.2. The lowest BCUT2D eigenvalue weighted by molar-refractivity contribution is 0.0916. The topological polar surface area (TPSA) is 66.3 Å². The molecule has 27 heavy (non-hydrogen) atoms. The normalized spacial score (nSPS) is 10.3. The van der Waals surface area contributed by atoms with Gasteiger partial charge in [0.2, 0.25) is 0 Å². The lowest BCUT2D eigenvalue weighted by Crippen LogP contribution is -2.46. The Morgan fingerprint density at radius 3 is 2.41 bits per heavy atom. The van der Waals surface area contributed by atoms with E-state index in [0.717, 1.165) is 11.1 Å². The first-order chi connectivity index (χ1) is 13.0. The van der Waals surface area contributed by atoms with Gasteiger partial charge >= 0.3 is 5.91 Å². The molecule has 3 rings (SSSR count). The van der Waals surface area contributed by atoms with E-state index in [1.165, 1.54) is 12.1 Å². The molecule has 1 heterocycles. The maximum atomic E-state index is 12.9. The van der Waals surface area contributed by atoms with Gasteiger partial charge in [0.15, 0.2) is 10.9 Å². The van der Waals surface area contributed by atoms with Crippen molar-refractivity contribution in [2.75, 3.05) is 0 Å². The van der Waals surface area contributed by atoms with E-state index in [2.05, 4.69) is 16.2 Å². The Hall–Kier alpha value is -2.90. The van der Waals surface area contributed by atoms with Crippen molar-refractivity contribution in [1.82, 2.24) is 16.2 Å². The van der Waals surface area contributed by atoms with Gasteiger partial charge in [0.1, 0.15) is 11.6 Å². The fourth-order valence-electron chi connectivity index (χ4n) is 2.23. The Balaban J connectivity index is 1.49. The average molecular weight is 404 g/mol. The molecule has 8 heteroatoms. The number of thiocarbonyl (C=S) groups is 1. The van der Waals surface area contributed by atoms with Crippen LogP contribution in [0.1, 0.15) is 16.1 Å². The molecule has 3 aromatic rings.